The largest absolute Gasteiger partial charge is 0.437 e. The maximum absolute atomic E-state index is 13.2. The molecule has 27 heavy (non-hydrogen) atoms. The highest BCUT2D eigenvalue weighted by atomic mass is 19.4. The van der Waals surface area contributed by atoms with Crippen LogP contribution >= 0.6 is 0 Å². The number of rotatable bonds is 4. The lowest BCUT2D eigenvalue weighted by atomic mass is 10.1. The van der Waals surface area contributed by atoms with Gasteiger partial charge < -0.3 is 16.2 Å². The highest BCUT2D eigenvalue weighted by molar-refractivity contribution is 6.01. The van der Waals surface area contributed by atoms with E-state index in [1.807, 2.05) is 0 Å². The SMILES string of the molecule is NC(=O)c1c(Oc2ccccc2C(F)(F)F)nc(N)nc1-c1ccccc1. The molecule has 0 spiro atoms. The molecule has 0 atom stereocenters. The Bertz CT molecular complexity index is 992. The van der Waals surface area contributed by atoms with Crippen LogP contribution in [-0.4, -0.2) is 15.9 Å². The van der Waals surface area contributed by atoms with Crippen LogP contribution in [0.15, 0.2) is 54.6 Å². The fourth-order valence-electron chi connectivity index (χ4n) is 2.45. The second kappa shape index (κ2) is 6.94. The van der Waals surface area contributed by atoms with E-state index in [2.05, 4.69) is 9.97 Å². The number of hydrogen-bond donors (Lipinski definition) is 2. The summed E-state index contributed by atoms with van der Waals surface area (Å²) in [7, 11) is 0. The van der Waals surface area contributed by atoms with Gasteiger partial charge in [0.1, 0.15) is 11.3 Å². The van der Waals surface area contributed by atoms with Crippen molar-refractivity contribution in [2.45, 2.75) is 6.18 Å². The number of anilines is 1. The second-order valence-electron chi connectivity index (χ2n) is 5.44. The zero-order valence-electron chi connectivity index (χ0n) is 13.7. The molecule has 1 aromatic heterocycles. The first kappa shape index (κ1) is 18.2. The third-order valence-corrected chi connectivity index (χ3v) is 3.59. The predicted octanol–water partition coefficient (Wildman–Crippen LogP) is 3.64. The molecule has 3 aromatic rings. The van der Waals surface area contributed by atoms with Crippen molar-refractivity contribution in [2.75, 3.05) is 5.73 Å². The van der Waals surface area contributed by atoms with Crippen LogP contribution in [-0.2, 0) is 6.18 Å². The molecule has 9 heteroatoms. The molecular formula is C18H13F3N4O2. The average molecular weight is 374 g/mol. The molecule has 2 aromatic carbocycles. The van der Waals surface area contributed by atoms with Crippen molar-refractivity contribution in [3.63, 3.8) is 0 Å². The van der Waals surface area contributed by atoms with Crippen molar-refractivity contribution in [3.8, 4) is 22.9 Å². The molecule has 0 saturated heterocycles. The maximum atomic E-state index is 13.2. The fourth-order valence-corrected chi connectivity index (χ4v) is 2.45. The minimum atomic E-state index is -4.66. The number of alkyl halides is 3. The number of amides is 1. The van der Waals surface area contributed by atoms with E-state index in [0.717, 1.165) is 12.1 Å². The third kappa shape index (κ3) is 3.81. The Morgan fingerprint density at radius 3 is 2.22 bits per heavy atom. The Hall–Kier alpha value is -3.62. The minimum Gasteiger partial charge on any atom is -0.437 e. The summed E-state index contributed by atoms with van der Waals surface area (Å²) >= 11 is 0. The Morgan fingerprint density at radius 2 is 1.59 bits per heavy atom. The van der Waals surface area contributed by atoms with Gasteiger partial charge in [-0.15, -0.1) is 0 Å². The number of carbonyl (C=O) groups is 1. The van der Waals surface area contributed by atoms with Crippen LogP contribution in [0.5, 0.6) is 11.6 Å². The van der Waals surface area contributed by atoms with Gasteiger partial charge >= 0.3 is 6.18 Å². The number of nitrogen functional groups attached to an aromatic ring is 1. The first-order chi connectivity index (χ1) is 12.8. The summed E-state index contributed by atoms with van der Waals surface area (Å²) in [6, 6.07) is 12.9. The van der Waals surface area contributed by atoms with Crippen molar-refractivity contribution < 1.29 is 22.7 Å². The Morgan fingerprint density at radius 1 is 0.963 bits per heavy atom. The zero-order chi connectivity index (χ0) is 19.6. The summed E-state index contributed by atoms with van der Waals surface area (Å²) in [4.78, 5) is 19.8. The summed E-state index contributed by atoms with van der Waals surface area (Å²) < 4.78 is 44.9. The van der Waals surface area contributed by atoms with Gasteiger partial charge in [-0.1, -0.05) is 42.5 Å². The van der Waals surface area contributed by atoms with Gasteiger partial charge in [-0.25, -0.2) is 4.98 Å². The molecule has 0 saturated carbocycles. The average Bonchev–Trinajstić information content (AvgIpc) is 2.61. The highest BCUT2D eigenvalue weighted by Gasteiger charge is 2.35. The Kier molecular flexibility index (Phi) is 4.68. The number of halogens is 3. The molecule has 6 nitrogen and oxygen atoms in total. The molecule has 3 rings (SSSR count). The Balaban J connectivity index is 2.18. The van der Waals surface area contributed by atoms with Crippen molar-refractivity contribution in [2.24, 2.45) is 5.73 Å². The molecule has 0 aliphatic rings. The lowest BCUT2D eigenvalue weighted by Crippen LogP contribution is -2.17. The van der Waals surface area contributed by atoms with E-state index in [1.165, 1.54) is 12.1 Å². The minimum absolute atomic E-state index is 0.0649. The fraction of sp³-hybridized carbons (Fsp3) is 0.0556. The van der Waals surface area contributed by atoms with Crippen molar-refractivity contribution in [3.05, 3.63) is 65.7 Å². The molecular weight excluding hydrogens is 361 g/mol. The first-order valence-electron chi connectivity index (χ1n) is 7.64. The number of ether oxygens (including phenoxy) is 1. The molecule has 0 radical (unpaired) electrons. The standard InChI is InChI=1S/C18H13F3N4O2/c19-18(20,21)11-8-4-5-9-12(11)27-16-13(15(22)26)14(24-17(23)25-16)10-6-2-1-3-7-10/h1-9H,(H2,22,26)(H2,23,24,25). The monoisotopic (exact) mass is 374 g/mol. The molecule has 1 heterocycles. The number of benzene rings is 2. The number of nitrogens with zero attached hydrogens (tertiary/aromatic N) is 2. The predicted molar refractivity (Wildman–Crippen MR) is 91.9 cm³/mol. The van der Waals surface area contributed by atoms with Crippen LogP contribution in [0.3, 0.4) is 0 Å². The number of carbonyl (C=O) groups excluding carboxylic acids is 1. The molecule has 1 amide bonds. The van der Waals surface area contributed by atoms with Crippen LogP contribution in [0.1, 0.15) is 15.9 Å². The van der Waals surface area contributed by atoms with E-state index in [0.29, 0.717) is 5.56 Å². The van der Waals surface area contributed by atoms with Crippen molar-refractivity contribution in [1.29, 1.82) is 0 Å². The van der Waals surface area contributed by atoms with Gasteiger partial charge in [0, 0.05) is 5.56 Å². The van der Waals surface area contributed by atoms with E-state index in [4.69, 9.17) is 16.2 Å². The highest BCUT2D eigenvalue weighted by Crippen LogP contribution is 2.39. The van der Waals surface area contributed by atoms with Gasteiger partial charge in [-0.05, 0) is 12.1 Å². The molecule has 0 unspecified atom stereocenters. The zero-order valence-corrected chi connectivity index (χ0v) is 13.7. The quantitative estimate of drug-likeness (QED) is 0.726. The topological polar surface area (TPSA) is 104 Å². The van der Waals surface area contributed by atoms with Crippen LogP contribution in [0.4, 0.5) is 19.1 Å². The van der Waals surface area contributed by atoms with Crippen molar-refractivity contribution in [1.82, 2.24) is 9.97 Å². The number of hydrogen-bond acceptors (Lipinski definition) is 5. The Labute approximate surface area is 151 Å². The summed E-state index contributed by atoms with van der Waals surface area (Å²) in [5.41, 5.74) is 10.3. The first-order valence-corrected chi connectivity index (χ1v) is 7.64. The number of aromatic nitrogens is 2. The molecule has 0 fully saturated rings. The summed E-state index contributed by atoms with van der Waals surface area (Å²) in [6.07, 6.45) is -4.66. The number of nitrogens with two attached hydrogens (primary N) is 2. The van der Waals surface area contributed by atoms with Gasteiger partial charge in [-0.2, -0.15) is 18.2 Å². The lowest BCUT2D eigenvalue weighted by molar-refractivity contribution is -0.138. The second-order valence-corrected chi connectivity index (χ2v) is 5.44. The molecule has 0 bridgehead atoms. The van der Waals surface area contributed by atoms with Crippen LogP contribution < -0.4 is 16.2 Å². The molecule has 0 aliphatic heterocycles. The van der Waals surface area contributed by atoms with E-state index < -0.39 is 29.3 Å². The summed E-state index contributed by atoms with van der Waals surface area (Å²) in [5.74, 6) is -2.23. The smallest absolute Gasteiger partial charge is 0.419 e. The van der Waals surface area contributed by atoms with Gasteiger partial charge in [-0.3, -0.25) is 4.79 Å². The van der Waals surface area contributed by atoms with Crippen LogP contribution in [0.2, 0.25) is 0 Å². The van der Waals surface area contributed by atoms with E-state index in [1.54, 1.807) is 30.3 Å². The molecule has 0 aliphatic carbocycles. The molecule has 138 valence electrons. The van der Waals surface area contributed by atoms with E-state index >= 15 is 0 Å². The number of para-hydroxylation sites is 1. The third-order valence-electron chi connectivity index (χ3n) is 3.59. The summed E-state index contributed by atoms with van der Waals surface area (Å²) in [6.45, 7) is 0. The van der Waals surface area contributed by atoms with Crippen LogP contribution in [0, 0.1) is 0 Å². The van der Waals surface area contributed by atoms with Gasteiger partial charge in [0.05, 0.1) is 11.3 Å². The van der Waals surface area contributed by atoms with Gasteiger partial charge in [0.2, 0.25) is 11.8 Å². The lowest BCUT2D eigenvalue weighted by Gasteiger charge is -2.16. The van der Waals surface area contributed by atoms with Crippen LogP contribution in [0.25, 0.3) is 11.3 Å². The normalized spacial score (nSPS) is 11.2. The van der Waals surface area contributed by atoms with E-state index in [-0.39, 0.29) is 17.2 Å². The maximum Gasteiger partial charge on any atom is 0.419 e. The van der Waals surface area contributed by atoms with Gasteiger partial charge in [0.15, 0.2) is 0 Å². The summed E-state index contributed by atoms with van der Waals surface area (Å²) in [5, 5.41) is 0. The van der Waals surface area contributed by atoms with E-state index in [9.17, 15) is 18.0 Å². The van der Waals surface area contributed by atoms with Gasteiger partial charge in [0.25, 0.3) is 5.91 Å². The molecule has 4 N–H and O–H groups in total. The number of primary amides is 1. The van der Waals surface area contributed by atoms with Crippen molar-refractivity contribution >= 4 is 11.9 Å².